The van der Waals surface area contributed by atoms with Crippen LogP contribution in [0.5, 0.6) is 0 Å². The summed E-state index contributed by atoms with van der Waals surface area (Å²) >= 11 is 0. The van der Waals surface area contributed by atoms with Crippen molar-refractivity contribution in [2.24, 2.45) is 16.8 Å². The Bertz CT molecular complexity index is 1780. The second-order valence-electron chi connectivity index (χ2n) is 11.6. The van der Waals surface area contributed by atoms with Gasteiger partial charge in [-0.1, -0.05) is 36.4 Å². The summed E-state index contributed by atoms with van der Waals surface area (Å²) in [4.78, 5) is 48.3. The van der Waals surface area contributed by atoms with E-state index in [0.29, 0.717) is 36.2 Å². The molecule has 4 amide bonds. The Labute approximate surface area is 259 Å². The van der Waals surface area contributed by atoms with E-state index in [9.17, 15) is 27.4 Å². The number of amides is 4. The van der Waals surface area contributed by atoms with Gasteiger partial charge in [0.2, 0.25) is 12.1 Å². The molecule has 0 unspecified atom stereocenters. The molecule has 1 saturated carbocycles. The highest BCUT2D eigenvalue weighted by molar-refractivity contribution is 7.85. The third kappa shape index (κ3) is 6.59. The largest absolute Gasteiger partial charge is 0.341 e. The lowest BCUT2D eigenvalue weighted by Gasteiger charge is -2.29. The van der Waals surface area contributed by atoms with Crippen LogP contribution in [0.1, 0.15) is 36.8 Å². The molecule has 3 aromatic carbocycles. The van der Waals surface area contributed by atoms with Crippen LogP contribution in [0.2, 0.25) is 0 Å². The molecular weight excluding hydrogens is 601 g/mol. The van der Waals surface area contributed by atoms with Crippen LogP contribution in [0, 0.1) is 17.7 Å². The number of hydrogen-bond acceptors (Lipinski definition) is 6. The number of para-hydroxylation sites is 1. The van der Waals surface area contributed by atoms with Gasteiger partial charge in [-0.05, 0) is 73.9 Å². The Morgan fingerprint density at radius 2 is 1.56 bits per heavy atom. The summed E-state index contributed by atoms with van der Waals surface area (Å²) < 4.78 is 47.7. The van der Waals surface area contributed by atoms with Crippen molar-refractivity contribution in [2.45, 2.75) is 36.7 Å². The first-order valence-electron chi connectivity index (χ1n) is 14.7. The molecule has 45 heavy (non-hydrogen) atoms. The average Bonchev–Trinajstić information content (AvgIpc) is 3.40. The topological polar surface area (TPSA) is 148 Å². The Morgan fingerprint density at radius 1 is 0.911 bits per heavy atom. The van der Waals surface area contributed by atoms with E-state index in [2.05, 4.69) is 15.6 Å². The summed E-state index contributed by atoms with van der Waals surface area (Å²) in [6.45, 7) is 0.955. The fourth-order valence-electron chi connectivity index (χ4n) is 6.31. The van der Waals surface area contributed by atoms with Gasteiger partial charge >= 0.3 is 6.03 Å². The highest BCUT2D eigenvalue weighted by Crippen LogP contribution is 2.34. The van der Waals surface area contributed by atoms with Crippen LogP contribution >= 0.6 is 0 Å². The molecule has 3 aliphatic heterocycles. The van der Waals surface area contributed by atoms with Gasteiger partial charge in [0.1, 0.15) is 12.4 Å². The zero-order valence-electron chi connectivity index (χ0n) is 24.2. The normalized spacial score (nSPS) is 21.3. The second kappa shape index (κ2) is 12.4. The monoisotopic (exact) mass is 633 g/mol. The number of rotatable bonds is 6. The standard InChI is InChI=1S/C32H32FN5O6S/c33-26-10-3-1-8-24(26)29-25-9-2-4-11-27(25)38(19-28(39)37-17-20-12-13-21(18-37)15-14-20)31(40)30(35-29)36-32(41)34-22-6-5-7-23(16-22)45(42,43)44/h1-11,16,20-21,30H,12-15,17-19H2,(H2,34,36,41)(H,42,43,44)/t20?,21?,30-/m0/s1. The molecule has 3 N–H and O–H groups in total. The van der Waals surface area contributed by atoms with Crippen LogP contribution < -0.4 is 15.5 Å². The van der Waals surface area contributed by atoms with Crippen LogP contribution in [-0.2, 0) is 19.7 Å². The number of anilines is 2. The maximum absolute atomic E-state index is 15.2. The van der Waals surface area contributed by atoms with Gasteiger partial charge in [-0.2, -0.15) is 8.42 Å². The first kappa shape index (κ1) is 30.4. The minimum atomic E-state index is -4.53. The van der Waals surface area contributed by atoms with Gasteiger partial charge in [-0.15, -0.1) is 0 Å². The number of urea groups is 1. The van der Waals surface area contributed by atoms with Crippen molar-refractivity contribution in [3.8, 4) is 0 Å². The quantitative estimate of drug-likeness (QED) is 0.349. The van der Waals surface area contributed by atoms with E-state index < -0.39 is 38.9 Å². The number of benzene rings is 3. The number of fused-ring (bicyclic) bond motifs is 5. The highest BCUT2D eigenvalue weighted by atomic mass is 32.2. The summed E-state index contributed by atoms with van der Waals surface area (Å²) in [6.07, 6.45) is 2.73. The fraction of sp³-hybridized carbons (Fsp3) is 0.312. The maximum atomic E-state index is 15.2. The molecule has 0 aromatic heterocycles. The number of carbonyl (C=O) groups excluding carboxylic acids is 3. The Hall–Kier alpha value is -4.62. The fourth-order valence-corrected chi connectivity index (χ4v) is 6.84. The molecule has 4 aliphatic rings. The van der Waals surface area contributed by atoms with E-state index in [1.165, 1.54) is 35.2 Å². The third-order valence-corrected chi connectivity index (χ3v) is 9.41. The summed E-state index contributed by atoms with van der Waals surface area (Å²) in [7, 11) is -4.53. The predicted molar refractivity (Wildman–Crippen MR) is 165 cm³/mol. The summed E-state index contributed by atoms with van der Waals surface area (Å²) in [5, 5.41) is 4.94. The summed E-state index contributed by atoms with van der Waals surface area (Å²) in [5.41, 5.74) is 0.987. The van der Waals surface area contributed by atoms with Crippen molar-refractivity contribution < 1.29 is 31.7 Å². The lowest BCUT2D eigenvalue weighted by atomic mass is 9.84. The van der Waals surface area contributed by atoms with E-state index in [1.807, 2.05) is 4.90 Å². The van der Waals surface area contributed by atoms with E-state index in [-0.39, 0.29) is 29.4 Å². The Morgan fingerprint density at radius 3 is 2.22 bits per heavy atom. The molecule has 13 heteroatoms. The number of aliphatic imine (C=N–C) groups is 1. The van der Waals surface area contributed by atoms with Gasteiger partial charge in [0.25, 0.3) is 16.0 Å². The van der Waals surface area contributed by atoms with Gasteiger partial charge in [-0.3, -0.25) is 19.0 Å². The molecule has 0 radical (unpaired) electrons. The second-order valence-corrected chi connectivity index (χ2v) is 13.0. The number of hydrogen-bond donors (Lipinski definition) is 3. The van der Waals surface area contributed by atoms with E-state index in [1.54, 1.807) is 30.3 Å². The van der Waals surface area contributed by atoms with Gasteiger partial charge < -0.3 is 15.5 Å². The molecule has 1 atom stereocenters. The van der Waals surface area contributed by atoms with Crippen LogP contribution in [0.4, 0.5) is 20.6 Å². The molecule has 2 bridgehead atoms. The lowest BCUT2D eigenvalue weighted by molar-refractivity contribution is -0.132. The van der Waals surface area contributed by atoms with Crippen LogP contribution in [0.25, 0.3) is 0 Å². The van der Waals surface area contributed by atoms with Crippen molar-refractivity contribution in [2.75, 3.05) is 29.9 Å². The molecule has 11 nitrogen and oxygen atoms in total. The molecule has 3 aromatic rings. The number of nitrogens with zero attached hydrogens (tertiary/aromatic N) is 3. The first-order chi connectivity index (χ1) is 21.6. The predicted octanol–water partition coefficient (Wildman–Crippen LogP) is 4.05. The van der Waals surface area contributed by atoms with Crippen molar-refractivity contribution >= 4 is 45.1 Å². The number of carbonyl (C=O) groups is 3. The van der Waals surface area contributed by atoms with E-state index in [0.717, 1.165) is 37.8 Å². The smallest absolute Gasteiger partial charge is 0.321 e. The highest BCUT2D eigenvalue weighted by Gasteiger charge is 2.37. The lowest BCUT2D eigenvalue weighted by Crippen LogP contribution is -2.51. The molecular formula is C32H32FN5O6S. The zero-order valence-corrected chi connectivity index (χ0v) is 25.0. The molecule has 3 heterocycles. The molecule has 1 aliphatic carbocycles. The number of nitrogens with one attached hydrogen (secondary N) is 2. The van der Waals surface area contributed by atoms with Crippen molar-refractivity contribution in [3.05, 3.63) is 89.7 Å². The molecule has 0 spiro atoms. The number of benzodiazepines with no additional fused rings is 1. The van der Waals surface area contributed by atoms with Crippen molar-refractivity contribution in [3.63, 3.8) is 0 Å². The van der Waals surface area contributed by atoms with Crippen LogP contribution in [-0.4, -0.2) is 67.2 Å². The molecule has 234 valence electrons. The molecule has 3 fully saturated rings. The van der Waals surface area contributed by atoms with Gasteiger partial charge in [-0.25, -0.2) is 14.2 Å². The van der Waals surface area contributed by atoms with Crippen LogP contribution in [0.15, 0.2) is 82.7 Å². The molecule has 2 saturated heterocycles. The average molecular weight is 634 g/mol. The van der Waals surface area contributed by atoms with Crippen molar-refractivity contribution in [1.29, 1.82) is 0 Å². The van der Waals surface area contributed by atoms with Gasteiger partial charge in [0.05, 0.1) is 16.3 Å². The summed E-state index contributed by atoms with van der Waals surface area (Å²) in [6, 6.07) is 16.7. The minimum Gasteiger partial charge on any atom is -0.341 e. The summed E-state index contributed by atoms with van der Waals surface area (Å²) in [5.74, 6) is -0.673. The minimum absolute atomic E-state index is 0.0214. The Balaban J connectivity index is 1.34. The van der Waals surface area contributed by atoms with E-state index in [4.69, 9.17) is 0 Å². The van der Waals surface area contributed by atoms with Crippen molar-refractivity contribution in [1.82, 2.24) is 10.2 Å². The van der Waals surface area contributed by atoms with Gasteiger partial charge in [0, 0.05) is 29.9 Å². The Kier molecular flexibility index (Phi) is 8.38. The van der Waals surface area contributed by atoms with Crippen LogP contribution in [0.3, 0.4) is 0 Å². The zero-order chi connectivity index (χ0) is 31.7. The SMILES string of the molecule is O=C(Nc1cccc(S(=O)(=O)O)c1)N[C@@H]1N=C(c2ccccc2F)c2ccccc2N(CC(=O)N2CC3CCC(CC3)C2)C1=O. The van der Waals surface area contributed by atoms with E-state index >= 15 is 4.39 Å². The number of halogens is 1. The van der Waals surface area contributed by atoms with Gasteiger partial charge in [0.15, 0.2) is 0 Å². The maximum Gasteiger partial charge on any atom is 0.321 e. The first-order valence-corrected chi connectivity index (χ1v) is 16.2. The third-order valence-electron chi connectivity index (χ3n) is 8.56. The molecule has 7 rings (SSSR count).